The quantitative estimate of drug-likeness (QED) is 0.472. The first kappa shape index (κ1) is 8.47. The van der Waals surface area contributed by atoms with E-state index in [1.165, 1.54) is 0 Å². The Morgan fingerprint density at radius 3 is 2.64 bits per heavy atom. The molecule has 1 N–H and O–H groups in total. The van der Waals surface area contributed by atoms with Crippen LogP contribution in [0.25, 0.3) is 0 Å². The van der Waals surface area contributed by atoms with Crippen molar-refractivity contribution in [1.82, 2.24) is 4.73 Å². The molecule has 0 aliphatic rings. The van der Waals surface area contributed by atoms with E-state index in [1.54, 1.807) is 13.0 Å². The molecule has 0 amide bonds. The summed E-state index contributed by atoms with van der Waals surface area (Å²) in [5.41, 5.74) is 1.28. The standard InChI is InChI=1S/C7H8NO2.Zn/c1-5-3-6(2)8(10)7(9)4-5;/h3,10H,1-2H3;. The summed E-state index contributed by atoms with van der Waals surface area (Å²) in [5, 5.41) is 9.14. The van der Waals surface area contributed by atoms with Gasteiger partial charge in [0.1, 0.15) is 0 Å². The van der Waals surface area contributed by atoms with E-state index in [1.807, 2.05) is 6.92 Å². The fourth-order valence-electron chi connectivity index (χ4n) is 0.918. The van der Waals surface area contributed by atoms with Gasteiger partial charge in [0.25, 0.3) is 0 Å². The number of pyridine rings is 1. The molecule has 1 aromatic heterocycles. The molecule has 0 radical (unpaired) electrons. The molecule has 11 heavy (non-hydrogen) atoms. The number of aryl methyl sites for hydroxylation is 2. The molecule has 55 valence electrons. The molecule has 0 aliphatic heterocycles. The molecule has 4 heteroatoms. The third-order valence-corrected chi connectivity index (χ3v) is 3.49. The Morgan fingerprint density at radius 1 is 1.55 bits per heavy atom. The summed E-state index contributed by atoms with van der Waals surface area (Å²) in [5.74, 6) is 0. The molecule has 3 nitrogen and oxygen atoms in total. The Kier molecular flexibility index (Phi) is 2.14. The molecule has 0 atom stereocenters. The van der Waals surface area contributed by atoms with Crippen LogP contribution in [0, 0.1) is 13.8 Å². The summed E-state index contributed by atoms with van der Waals surface area (Å²) in [6.07, 6.45) is 0. The molecule has 0 fully saturated rings. The zero-order chi connectivity index (χ0) is 8.59. The third kappa shape index (κ3) is 1.36. The Bertz CT molecular complexity index is 314. The van der Waals surface area contributed by atoms with Gasteiger partial charge >= 0.3 is 73.9 Å². The Hall–Kier alpha value is -0.627. The van der Waals surface area contributed by atoms with Crippen LogP contribution < -0.4 is 9.72 Å². The van der Waals surface area contributed by atoms with Crippen molar-refractivity contribution >= 4 is 4.16 Å². The van der Waals surface area contributed by atoms with Crippen LogP contribution in [0.15, 0.2) is 10.9 Å². The van der Waals surface area contributed by atoms with Crippen molar-refractivity contribution in [3.05, 3.63) is 27.7 Å². The van der Waals surface area contributed by atoms with Crippen molar-refractivity contribution < 1.29 is 23.5 Å². The zero-order valence-corrected chi connectivity index (χ0v) is 9.55. The summed E-state index contributed by atoms with van der Waals surface area (Å²) < 4.78 is 1.42. The van der Waals surface area contributed by atoms with Crippen molar-refractivity contribution in [1.29, 1.82) is 0 Å². The van der Waals surface area contributed by atoms with Gasteiger partial charge in [-0.25, -0.2) is 0 Å². The van der Waals surface area contributed by atoms with Gasteiger partial charge < -0.3 is 0 Å². The molecule has 0 saturated heterocycles. The van der Waals surface area contributed by atoms with Gasteiger partial charge in [-0.15, -0.1) is 0 Å². The van der Waals surface area contributed by atoms with Crippen molar-refractivity contribution in [2.75, 3.05) is 0 Å². The molecule has 1 rings (SSSR count). The van der Waals surface area contributed by atoms with Crippen LogP contribution in [0.5, 0.6) is 0 Å². The first-order valence-corrected chi connectivity index (χ1v) is 4.77. The number of hydrogen-bond donors (Lipinski definition) is 1. The van der Waals surface area contributed by atoms with Crippen LogP contribution in [0.1, 0.15) is 11.3 Å². The van der Waals surface area contributed by atoms with E-state index >= 15 is 0 Å². The van der Waals surface area contributed by atoms with Crippen molar-refractivity contribution in [2.45, 2.75) is 13.8 Å². The Morgan fingerprint density at radius 2 is 2.09 bits per heavy atom. The monoisotopic (exact) mass is 202 g/mol. The van der Waals surface area contributed by atoms with E-state index < -0.39 is 0 Å². The number of aromatic nitrogens is 1. The van der Waals surface area contributed by atoms with Gasteiger partial charge in [-0.05, 0) is 0 Å². The van der Waals surface area contributed by atoms with Gasteiger partial charge in [-0.2, -0.15) is 0 Å². The molecule has 1 aromatic rings. The predicted molar refractivity (Wildman–Crippen MR) is 37.0 cm³/mol. The summed E-state index contributed by atoms with van der Waals surface area (Å²) in [6, 6.07) is 1.81. The average Bonchev–Trinajstić information content (AvgIpc) is 1.97. The molecule has 0 spiro atoms. The van der Waals surface area contributed by atoms with Gasteiger partial charge in [0.15, 0.2) is 0 Å². The van der Waals surface area contributed by atoms with Crippen LogP contribution in [-0.4, -0.2) is 9.94 Å². The van der Waals surface area contributed by atoms with Gasteiger partial charge in [0, 0.05) is 0 Å². The SMILES string of the molecule is Cc1cc(C)n(O)c(=O)[c]1[Zn]. The van der Waals surface area contributed by atoms with Crippen molar-refractivity contribution in [2.24, 2.45) is 0 Å². The van der Waals surface area contributed by atoms with Crippen molar-refractivity contribution in [3.8, 4) is 0 Å². The first-order valence-electron chi connectivity index (χ1n) is 3.28. The summed E-state index contributed by atoms with van der Waals surface area (Å²) in [6.45, 7) is 3.58. The average molecular weight is 204 g/mol. The normalized spacial score (nSPS) is 10.2. The number of rotatable bonds is 0. The minimum atomic E-state index is -0.275. The van der Waals surface area contributed by atoms with E-state index in [0.29, 0.717) is 10.4 Å². The van der Waals surface area contributed by atoms with Crippen LogP contribution >= 0.6 is 0 Å². The van der Waals surface area contributed by atoms with Crippen LogP contribution in [-0.2, 0) is 18.3 Å². The van der Waals surface area contributed by atoms with Crippen LogP contribution in [0.4, 0.5) is 0 Å². The molecule has 0 saturated carbocycles. The molecule has 0 aromatic carbocycles. The molecule has 1 heterocycles. The minimum absolute atomic E-state index is 0.275. The van der Waals surface area contributed by atoms with E-state index in [9.17, 15) is 4.79 Å². The summed E-state index contributed by atoms with van der Waals surface area (Å²) in [4.78, 5) is 11.2. The maximum absolute atomic E-state index is 11.2. The molecule has 0 bridgehead atoms. The zero-order valence-electron chi connectivity index (χ0n) is 6.59. The molecule has 0 unspecified atom stereocenters. The second kappa shape index (κ2) is 2.78. The number of hydrogen-bond acceptors (Lipinski definition) is 2. The van der Waals surface area contributed by atoms with Gasteiger partial charge in [-0.1, -0.05) is 0 Å². The van der Waals surface area contributed by atoms with Crippen molar-refractivity contribution in [3.63, 3.8) is 0 Å². The van der Waals surface area contributed by atoms with Gasteiger partial charge in [-0.3, -0.25) is 0 Å². The fourth-order valence-corrected chi connectivity index (χ4v) is 1.45. The summed E-state index contributed by atoms with van der Waals surface area (Å²) in [7, 11) is 0. The molecular weight excluding hydrogens is 195 g/mol. The van der Waals surface area contributed by atoms with E-state index in [4.69, 9.17) is 5.21 Å². The van der Waals surface area contributed by atoms with E-state index in [0.717, 1.165) is 28.0 Å². The van der Waals surface area contributed by atoms with Crippen LogP contribution in [0.2, 0.25) is 0 Å². The predicted octanol–water partition coefficient (Wildman–Crippen LogP) is -0.125. The third-order valence-electron chi connectivity index (χ3n) is 1.69. The number of nitrogens with zero attached hydrogens (tertiary/aromatic N) is 1. The second-order valence-corrected chi connectivity index (χ2v) is 4.05. The second-order valence-electron chi connectivity index (χ2n) is 2.56. The van der Waals surface area contributed by atoms with Gasteiger partial charge in [0.05, 0.1) is 0 Å². The maximum atomic E-state index is 11.2. The first-order chi connectivity index (χ1) is 5.04. The van der Waals surface area contributed by atoms with Gasteiger partial charge in [0.2, 0.25) is 0 Å². The molecule has 0 aliphatic carbocycles. The summed E-state index contributed by atoms with van der Waals surface area (Å²) >= 11 is 0.783. The Balaban J connectivity index is 3.59. The van der Waals surface area contributed by atoms with E-state index in [-0.39, 0.29) is 5.56 Å². The van der Waals surface area contributed by atoms with E-state index in [2.05, 4.69) is 0 Å². The fraction of sp³-hybridized carbons (Fsp3) is 0.286. The topological polar surface area (TPSA) is 42.2 Å². The Labute approximate surface area is 74.3 Å². The van der Waals surface area contributed by atoms with Crippen LogP contribution in [0.3, 0.4) is 0 Å². The molecular formula is C7H8NO2Zn.